The molecule has 0 aromatic carbocycles. The Labute approximate surface area is 118 Å². The van der Waals surface area contributed by atoms with Crippen LogP contribution in [0.25, 0.3) is 0 Å². The topological polar surface area (TPSA) is 12.0 Å². The SMILES string of the molecule is C1CCCC(CNC2C3CC4CC(C3)CC2C4)CC1. The van der Waals surface area contributed by atoms with Gasteiger partial charge in [0.2, 0.25) is 0 Å². The smallest absolute Gasteiger partial charge is 0.0124 e. The average molecular weight is 261 g/mol. The number of hydrogen-bond acceptors (Lipinski definition) is 1. The highest BCUT2D eigenvalue weighted by atomic mass is 14.9. The molecular weight excluding hydrogens is 230 g/mol. The molecule has 5 rings (SSSR count). The summed E-state index contributed by atoms with van der Waals surface area (Å²) in [5.74, 6) is 5.36. The highest BCUT2D eigenvalue weighted by Crippen LogP contribution is 2.53. The maximum absolute atomic E-state index is 4.06. The van der Waals surface area contributed by atoms with Crippen molar-refractivity contribution >= 4 is 0 Å². The van der Waals surface area contributed by atoms with Crippen LogP contribution in [-0.4, -0.2) is 12.6 Å². The van der Waals surface area contributed by atoms with Crippen LogP contribution in [0.5, 0.6) is 0 Å². The van der Waals surface area contributed by atoms with Crippen LogP contribution in [0.15, 0.2) is 0 Å². The second-order valence-corrected chi connectivity index (χ2v) is 8.22. The van der Waals surface area contributed by atoms with Crippen molar-refractivity contribution in [1.29, 1.82) is 0 Å². The van der Waals surface area contributed by atoms with E-state index in [-0.39, 0.29) is 0 Å². The van der Waals surface area contributed by atoms with Gasteiger partial charge in [-0.05, 0) is 81.1 Å². The van der Waals surface area contributed by atoms with Gasteiger partial charge in [0.05, 0.1) is 0 Å². The lowest BCUT2D eigenvalue weighted by molar-refractivity contribution is -0.0149. The molecule has 0 heterocycles. The van der Waals surface area contributed by atoms with Gasteiger partial charge in [0.25, 0.3) is 0 Å². The zero-order valence-corrected chi connectivity index (χ0v) is 12.4. The first-order valence-corrected chi connectivity index (χ1v) is 9.12. The van der Waals surface area contributed by atoms with Crippen LogP contribution in [0.2, 0.25) is 0 Å². The molecule has 5 aliphatic carbocycles. The summed E-state index contributed by atoms with van der Waals surface area (Å²) in [4.78, 5) is 0. The standard InChI is InChI=1S/C18H31N/c1-2-4-6-13(5-3-1)12-19-18-16-8-14-7-15(10-16)11-17(18)9-14/h13-19H,1-12H2. The molecule has 0 saturated heterocycles. The zero-order valence-electron chi connectivity index (χ0n) is 12.4. The Morgan fingerprint density at radius 2 is 1.26 bits per heavy atom. The van der Waals surface area contributed by atoms with Gasteiger partial charge in [0.15, 0.2) is 0 Å². The molecule has 0 amide bonds. The van der Waals surface area contributed by atoms with Crippen molar-refractivity contribution in [1.82, 2.24) is 5.32 Å². The summed E-state index contributed by atoms with van der Waals surface area (Å²) >= 11 is 0. The second kappa shape index (κ2) is 5.39. The van der Waals surface area contributed by atoms with E-state index in [0.29, 0.717) is 0 Å². The first kappa shape index (κ1) is 12.7. The molecule has 5 fully saturated rings. The highest BCUT2D eigenvalue weighted by Gasteiger charge is 2.47. The third-order valence-corrected chi connectivity index (χ3v) is 6.84. The van der Waals surface area contributed by atoms with Gasteiger partial charge in [-0.15, -0.1) is 0 Å². The molecule has 0 radical (unpaired) electrons. The van der Waals surface area contributed by atoms with Crippen LogP contribution in [-0.2, 0) is 0 Å². The summed E-state index contributed by atoms with van der Waals surface area (Å²) in [5, 5.41) is 4.06. The second-order valence-electron chi connectivity index (χ2n) is 8.22. The number of rotatable bonds is 3. The summed E-state index contributed by atoms with van der Waals surface area (Å²) in [6, 6.07) is 0.913. The molecule has 0 atom stereocenters. The summed E-state index contributed by atoms with van der Waals surface area (Å²) in [5.41, 5.74) is 0. The molecule has 5 saturated carbocycles. The molecule has 1 nitrogen and oxygen atoms in total. The minimum atomic E-state index is 0.913. The fourth-order valence-electron chi connectivity index (χ4n) is 6.13. The van der Waals surface area contributed by atoms with E-state index in [1.54, 1.807) is 32.1 Å². The number of nitrogens with one attached hydrogen (secondary N) is 1. The van der Waals surface area contributed by atoms with E-state index >= 15 is 0 Å². The van der Waals surface area contributed by atoms with E-state index in [2.05, 4.69) is 5.32 Å². The Bertz CT molecular complexity index is 275. The Morgan fingerprint density at radius 1 is 0.684 bits per heavy atom. The van der Waals surface area contributed by atoms with E-state index in [0.717, 1.165) is 35.6 Å². The predicted octanol–water partition coefficient (Wildman–Crippen LogP) is 4.37. The average Bonchev–Trinajstić information content (AvgIpc) is 2.66. The van der Waals surface area contributed by atoms with Gasteiger partial charge >= 0.3 is 0 Å². The summed E-state index contributed by atoms with van der Waals surface area (Å²) < 4.78 is 0. The Kier molecular flexibility index (Phi) is 3.60. The summed E-state index contributed by atoms with van der Waals surface area (Å²) in [7, 11) is 0. The van der Waals surface area contributed by atoms with Crippen molar-refractivity contribution in [2.75, 3.05) is 6.54 Å². The third kappa shape index (κ3) is 2.60. The minimum absolute atomic E-state index is 0.913. The van der Waals surface area contributed by atoms with E-state index in [1.807, 2.05) is 0 Å². The lowest BCUT2D eigenvalue weighted by Crippen LogP contribution is -2.55. The largest absolute Gasteiger partial charge is 0.313 e. The van der Waals surface area contributed by atoms with Crippen molar-refractivity contribution in [3.05, 3.63) is 0 Å². The molecular formula is C18H31N. The molecule has 5 aliphatic rings. The first-order chi connectivity index (χ1) is 9.38. The minimum Gasteiger partial charge on any atom is -0.313 e. The first-order valence-electron chi connectivity index (χ1n) is 9.12. The van der Waals surface area contributed by atoms with Crippen LogP contribution in [0.1, 0.15) is 70.6 Å². The molecule has 19 heavy (non-hydrogen) atoms. The fraction of sp³-hybridized carbons (Fsp3) is 1.00. The van der Waals surface area contributed by atoms with Crippen molar-refractivity contribution in [2.24, 2.45) is 29.6 Å². The van der Waals surface area contributed by atoms with Crippen LogP contribution < -0.4 is 5.32 Å². The lowest BCUT2D eigenvalue weighted by atomic mass is 9.54. The van der Waals surface area contributed by atoms with Gasteiger partial charge in [0, 0.05) is 6.04 Å². The molecule has 4 bridgehead atoms. The monoisotopic (exact) mass is 261 g/mol. The van der Waals surface area contributed by atoms with E-state index in [1.165, 1.54) is 45.1 Å². The van der Waals surface area contributed by atoms with Crippen molar-refractivity contribution < 1.29 is 0 Å². The van der Waals surface area contributed by atoms with Crippen LogP contribution >= 0.6 is 0 Å². The van der Waals surface area contributed by atoms with Crippen LogP contribution in [0.3, 0.4) is 0 Å². The molecule has 1 heteroatoms. The van der Waals surface area contributed by atoms with Crippen molar-refractivity contribution in [3.63, 3.8) is 0 Å². The number of hydrogen-bond donors (Lipinski definition) is 1. The van der Waals surface area contributed by atoms with Gasteiger partial charge in [-0.3, -0.25) is 0 Å². The Hall–Kier alpha value is -0.0400. The van der Waals surface area contributed by atoms with Gasteiger partial charge in [-0.1, -0.05) is 25.7 Å². The maximum Gasteiger partial charge on any atom is 0.0124 e. The van der Waals surface area contributed by atoms with Crippen LogP contribution in [0.4, 0.5) is 0 Å². The fourth-order valence-corrected chi connectivity index (χ4v) is 6.13. The summed E-state index contributed by atoms with van der Waals surface area (Å²) in [6.07, 6.45) is 16.8. The molecule has 1 N–H and O–H groups in total. The quantitative estimate of drug-likeness (QED) is 0.744. The third-order valence-electron chi connectivity index (χ3n) is 6.84. The molecule has 108 valence electrons. The molecule has 0 spiro atoms. The highest BCUT2D eigenvalue weighted by molar-refractivity contribution is 5.01. The zero-order chi connectivity index (χ0) is 12.7. The van der Waals surface area contributed by atoms with Gasteiger partial charge in [-0.2, -0.15) is 0 Å². The van der Waals surface area contributed by atoms with Gasteiger partial charge in [-0.25, -0.2) is 0 Å². The Morgan fingerprint density at radius 3 is 1.84 bits per heavy atom. The molecule has 0 aliphatic heterocycles. The Balaban J connectivity index is 1.33. The molecule has 0 aromatic heterocycles. The normalized spacial score (nSPS) is 46.4. The van der Waals surface area contributed by atoms with Crippen molar-refractivity contribution in [2.45, 2.75) is 76.7 Å². The van der Waals surface area contributed by atoms with Gasteiger partial charge < -0.3 is 5.32 Å². The van der Waals surface area contributed by atoms with Gasteiger partial charge in [0.1, 0.15) is 0 Å². The molecule has 0 unspecified atom stereocenters. The van der Waals surface area contributed by atoms with E-state index < -0.39 is 0 Å². The van der Waals surface area contributed by atoms with E-state index in [4.69, 9.17) is 0 Å². The van der Waals surface area contributed by atoms with Crippen molar-refractivity contribution in [3.8, 4) is 0 Å². The van der Waals surface area contributed by atoms with E-state index in [9.17, 15) is 0 Å². The maximum atomic E-state index is 4.06. The van der Waals surface area contributed by atoms with Crippen LogP contribution in [0, 0.1) is 29.6 Å². The summed E-state index contributed by atoms with van der Waals surface area (Å²) in [6.45, 7) is 1.34. The predicted molar refractivity (Wildman–Crippen MR) is 80.0 cm³/mol. The molecule has 0 aromatic rings. The lowest BCUT2D eigenvalue weighted by Gasteiger charge is -2.54.